The number of unbranched alkanes of at least 4 members (excludes halogenated alkanes) is 2. The highest BCUT2D eigenvalue weighted by atomic mass is 16.1. The number of nitrogens with zero attached hydrogens (tertiary/aromatic N) is 3. The monoisotopic (exact) mass is 375 g/mol. The molecule has 2 N–H and O–H groups in total. The molecule has 0 spiro atoms. The molecule has 0 fully saturated rings. The van der Waals surface area contributed by atoms with Crippen molar-refractivity contribution >= 4 is 33.4 Å². The van der Waals surface area contributed by atoms with Gasteiger partial charge in [0.1, 0.15) is 5.52 Å². The Balaban J connectivity index is 1.24. The first-order valence-corrected chi connectivity index (χ1v) is 9.40. The molecule has 0 radical (unpaired) electrons. The Morgan fingerprint density at radius 3 is 2.89 bits per heavy atom. The molecule has 2 aromatic carbocycles. The number of rotatable bonds is 7. The van der Waals surface area contributed by atoms with Crippen LogP contribution in [0.15, 0.2) is 59.5 Å². The van der Waals surface area contributed by atoms with E-state index in [0.717, 1.165) is 35.9 Å². The predicted octanol–water partition coefficient (Wildman–Crippen LogP) is 3.47. The summed E-state index contributed by atoms with van der Waals surface area (Å²) in [5.74, 6) is -0.00595. The van der Waals surface area contributed by atoms with E-state index in [0.29, 0.717) is 23.9 Å². The van der Waals surface area contributed by atoms with Crippen LogP contribution in [0.2, 0.25) is 0 Å². The minimum atomic E-state index is -0.122. The van der Waals surface area contributed by atoms with Crippen LogP contribution in [0.4, 0.5) is 5.69 Å². The zero-order valence-electron chi connectivity index (χ0n) is 15.4. The van der Waals surface area contributed by atoms with Crippen LogP contribution in [0.5, 0.6) is 0 Å². The van der Waals surface area contributed by atoms with Crippen LogP contribution < -0.4 is 10.9 Å². The number of carbonyl (C=O) groups is 1. The minimum absolute atomic E-state index is 0.00595. The number of aromatic nitrogens is 4. The SMILES string of the molecule is O=C(CCCCCn1nnc2ccccc2c1=O)Nc1ccc2cc[nH]c2c1. The molecule has 0 unspecified atom stereocenters. The number of hydrogen-bond acceptors (Lipinski definition) is 4. The fourth-order valence-corrected chi connectivity index (χ4v) is 3.24. The van der Waals surface area contributed by atoms with Crippen molar-refractivity contribution < 1.29 is 4.79 Å². The van der Waals surface area contributed by atoms with E-state index in [2.05, 4.69) is 20.6 Å². The number of H-pyrrole nitrogens is 1. The van der Waals surface area contributed by atoms with Gasteiger partial charge in [-0.05, 0) is 48.6 Å². The number of amides is 1. The summed E-state index contributed by atoms with van der Waals surface area (Å²) in [6, 6.07) is 15.0. The summed E-state index contributed by atoms with van der Waals surface area (Å²) in [4.78, 5) is 27.6. The summed E-state index contributed by atoms with van der Waals surface area (Å²) in [6.45, 7) is 0.502. The number of aromatic amines is 1. The third kappa shape index (κ3) is 3.93. The average molecular weight is 375 g/mol. The molecule has 4 aromatic rings. The van der Waals surface area contributed by atoms with Gasteiger partial charge in [-0.15, -0.1) is 5.10 Å². The number of nitrogens with one attached hydrogen (secondary N) is 2. The molecule has 0 saturated carbocycles. The van der Waals surface area contributed by atoms with Crippen LogP contribution in [0.25, 0.3) is 21.8 Å². The molecular weight excluding hydrogens is 354 g/mol. The molecule has 0 aliphatic carbocycles. The van der Waals surface area contributed by atoms with E-state index >= 15 is 0 Å². The second kappa shape index (κ2) is 8.04. The number of carbonyl (C=O) groups excluding carboxylic acids is 1. The number of fused-ring (bicyclic) bond motifs is 2. The van der Waals surface area contributed by atoms with Gasteiger partial charge in [-0.1, -0.05) is 29.8 Å². The molecule has 1 amide bonds. The topological polar surface area (TPSA) is 92.7 Å². The normalized spacial score (nSPS) is 11.1. The van der Waals surface area contributed by atoms with Gasteiger partial charge in [0.2, 0.25) is 5.91 Å². The Morgan fingerprint density at radius 1 is 1.07 bits per heavy atom. The maximum Gasteiger partial charge on any atom is 0.277 e. The Hall–Kier alpha value is -3.48. The molecule has 0 atom stereocenters. The standard InChI is InChI=1S/C21H21N5O2/c27-20(23-16-10-9-15-11-12-22-19(15)14-16)8-2-1-5-13-26-21(28)17-6-3-4-7-18(17)24-25-26/h3-4,6-7,9-12,14,22H,1-2,5,8,13H2,(H,23,27). The molecule has 0 bridgehead atoms. The maximum atomic E-state index is 12.4. The molecule has 2 aromatic heterocycles. The van der Waals surface area contributed by atoms with Crippen LogP contribution in [0.3, 0.4) is 0 Å². The Morgan fingerprint density at radius 2 is 1.96 bits per heavy atom. The number of hydrogen-bond donors (Lipinski definition) is 2. The van der Waals surface area contributed by atoms with E-state index in [1.165, 1.54) is 4.68 Å². The Labute approximate surface area is 161 Å². The molecule has 0 aliphatic rings. The van der Waals surface area contributed by atoms with Crippen LogP contribution in [-0.2, 0) is 11.3 Å². The van der Waals surface area contributed by atoms with E-state index < -0.39 is 0 Å². The van der Waals surface area contributed by atoms with Gasteiger partial charge in [0.15, 0.2) is 0 Å². The lowest BCUT2D eigenvalue weighted by Crippen LogP contribution is -2.24. The number of anilines is 1. The van der Waals surface area contributed by atoms with Crippen molar-refractivity contribution in [3.8, 4) is 0 Å². The van der Waals surface area contributed by atoms with Gasteiger partial charge in [-0.3, -0.25) is 9.59 Å². The van der Waals surface area contributed by atoms with Crippen molar-refractivity contribution in [2.45, 2.75) is 32.2 Å². The molecule has 28 heavy (non-hydrogen) atoms. The predicted molar refractivity (Wildman–Crippen MR) is 109 cm³/mol. The fourth-order valence-electron chi connectivity index (χ4n) is 3.24. The van der Waals surface area contributed by atoms with Gasteiger partial charge >= 0.3 is 0 Å². The van der Waals surface area contributed by atoms with E-state index in [9.17, 15) is 9.59 Å². The molecule has 142 valence electrons. The van der Waals surface area contributed by atoms with E-state index in [4.69, 9.17) is 0 Å². The van der Waals surface area contributed by atoms with Crippen LogP contribution in [0.1, 0.15) is 25.7 Å². The minimum Gasteiger partial charge on any atom is -0.361 e. The summed E-state index contributed by atoms with van der Waals surface area (Å²) in [7, 11) is 0. The highest BCUT2D eigenvalue weighted by Gasteiger charge is 2.06. The lowest BCUT2D eigenvalue weighted by atomic mass is 10.1. The largest absolute Gasteiger partial charge is 0.361 e. The first-order chi connectivity index (χ1) is 13.7. The van der Waals surface area contributed by atoms with E-state index in [1.807, 2.05) is 42.6 Å². The molecular formula is C21H21N5O2. The Bertz CT molecular complexity index is 1180. The van der Waals surface area contributed by atoms with Gasteiger partial charge in [0, 0.05) is 30.4 Å². The van der Waals surface area contributed by atoms with E-state index in [-0.39, 0.29) is 11.5 Å². The summed E-state index contributed by atoms with van der Waals surface area (Å²) in [5.41, 5.74) is 2.28. The summed E-state index contributed by atoms with van der Waals surface area (Å²) >= 11 is 0. The number of aryl methyl sites for hydroxylation is 1. The fraction of sp³-hybridized carbons (Fsp3) is 0.238. The lowest BCUT2D eigenvalue weighted by Gasteiger charge is -2.06. The lowest BCUT2D eigenvalue weighted by molar-refractivity contribution is -0.116. The summed E-state index contributed by atoms with van der Waals surface area (Å²) in [5, 5.41) is 12.7. The van der Waals surface area contributed by atoms with Crippen molar-refractivity contribution in [1.82, 2.24) is 20.0 Å². The molecule has 7 nitrogen and oxygen atoms in total. The van der Waals surface area contributed by atoms with Gasteiger partial charge in [-0.2, -0.15) is 0 Å². The van der Waals surface area contributed by atoms with Gasteiger partial charge < -0.3 is 10.3 Å². The maximum absolute atomic E-state index is 12.4. The number of benzene rings is 2. The Kier molecular flexibility index (Phi) is 5.14. The average Bonchev–Trinajstić information content (AvgIpc) is 3.17. The quantitative estimate of drug-likeness (QED) is 0.484. The second-order valence-corrected chi connectivity index (χ2v) is 6.77. The van der Waals surface area contributed by atoms with Gasteiger partial charge in [-0.25, -0.2) is 4.68 Å². The van der Waals surface area contributed by atoms with Crippen molar-refractivity contribution in [3.05, 3.63) is 65.1 Å². The third-order valence-electron chi connectivity index (χ3n) is 4.74. The molecule has 0 aliphatic heterocycles. The zero-order chi connectivity index (χ0) is 19.3. The first-order valence-electron chi connectivity index (χ1n) is 9.40. The molecule has 7 heteroatoms. The third-order valence-corrected chi connectivity index (χ3v) is 4.74. The summed E-state index contributed by atoms with van der Waals surface area (Å²) in [6.07, 6.45) is 4.69. The molecule has 4 rings (SSSR count). The molecule has 0 saturated heterocycles. The zero-order valence-corrected chi connectivity index (χ0v) is 15.4. The highest BCUT2D eigenvalue weighted by molar-refractivity contribution is 5.93. The highest BCUT2D eigenvalue weighted by Crippen LogP contribution is 2.18. The van der Waals surface area contributed by atoms with Crippen molar-refractivity contribution in [2.75, 3.05) is 5.32 Å². The van der Waals surface area contributed by atoms with Gasteiger partial charge in [0.25, 0.3) is 5.56 Å². The van der Waals surface area contributed by atoms with Gasteiger partial charge in [0.05, 0.1) is 5.39 Å². The second-order valence-electron chi connectivity index (χ2n) is 6.77. The van der Waals surface area contributed by atoms with Crippen molar-refractivity contribution in [3.63, 3.8) is 0 Å². The van der Waals surface area contributed by atoms with Crippen LogP contribution in [0, 0.1) is 0 Å². The van der Waals surface area contributed by atoms with Crippen LogP contribution in [-0.4, -0.2) is 25.9 Å². The first kappa shape index (κ1) is 17.9. The molecule has 2 heterocycles. The van der Waals surface area contributed by atoms with Crippen molar-refractivity contribution in [2.24, 2.45) is 0 Å². The van der Waals surface area contributed by atoms with Crippen LogP contribution >= 0.6 is 0 Å². The van der Waals surface area contributed by atoms with E-state index in [1.54, 1.807) is 12.1 Å². The van der Waals surface area contributed by atoms with Crippen molar-refractivity contribution in [1.29, 1.82) is 0 Å². The summed E-state index contributed by atoms with van der Waals surface area (Å²) < 4.78 is 1.40. The smallest absolute Gasteiger partial charge is 0.277 e.